The Hall–Kier alpha value is -2.99. The summed E-state index contributed by atoms with van der Waals surface area (Å²) in [6.45, 7) is 3.91. The summed E-state index contributed by atoms with van der Waals surface area (Å²) in [6, 6.07) is 15.2. The van der Waals surface area contributed by atoms with Gasteiger partial charge in [-0.2, -0.15) is 4.98 Å². The van der Waals surface area contributed by atoms with Gasteiger partial charge in [-0.25, -0.2) is 4.68 Å². The lowest BCUT2D eigenvalue weighted by atomic mass is 10.1. The minimum atomic E-state index is 0.343. The smallest absolute Gasteiger partial charge is 0.280 e. The predicted molar refractivity (Wildman–Crippen MR) is 94.6 cm³/mol. The van der Waals surface area contributed by atoms with E-state index in [0.717, 1.165) is 22.5 Å². The van der Waals surface area contributed by atoms with Gasteiger partial charge >= 0.3 is 0 Å². The van der Waals surface area contributed by atoms with E-state index >= 15 is 0 Å². The predicted octanol–water partition coefficient (Wildman–Crippen LogP) is 4.25. The van der Waals surface area contributed by atoms with Gasteiger partial charge in [-0.1, -0.05) is 46.2 Å². The highest BCUT2D eigenvalue weighted by Crippen LogP contribution is 2.26. The summed E-state index contributed by atoms with van der Waals surface area (Å²) in [5.74, 6) is 0.879. The van der Waals surface area contributed by atoms with Gasteiger partial charge in [-0.3, -0.25) is 0 Å². The maximum absolute atomic E-state index is 5.94. The molecule has 0 N–H and O–H groups in total. The fourth-order valence-corrected chi connectivity index (χ4v) is 2.73. The van der Waals surface area contributed by atoms with Crippen molar-refractivity contribution in [2.75, 3.05) is 0 Å². The summed E-state index contributed by atoms with van der Waals surface area (Å²) in [7, 11) is 0. The Morgan fingerprint density at radius 3 is 2.52 bits per heavy atom. The molecule has 0 amide bonds. The summed E-state index contributed by atoms with van der Waals surface area (Å²) >= 11 is 5.94. The molecule has 0 atom stereocenters. The molecule has 0 fully saturated rings. The number of halogens is 1. The van der Waals surface area contributed by atoms with E-state index in [1.807, 2.05) is 50.2 Å². The summed E-state index contributed by atoms with van der Waals surface area (Å²) < 4.78 is 7.12. The highest BCUT2D eigenvalue weighted by molar-refractivity contribution is 6.30. The second kappa shape index (κ2) is 6.14. The quantitative estimate of drug-likeness (QED) is 0.551. The summed E-state index contributed by atoms with van der Waals surface area (Å²) in [6.07, 6.45) is 0. The number of aryl methyl sites for hydroxylation is 1. The zero-order chi connectivity index (χ0) is 17.4. The summed E-state index contributed by atoms with van der Waals surface area (Å²) in [5, 5.41) is 13.1. The lowest BCUT2D eigenvalue weighted by molar-refractivity contribution is 0.430. The molecule has 2 aromatic heterocycles. The van der Waals surface area contributed by atoms with Crippen molar-refractivity contribution in [1.82, 2.24) is 25.1 Å². The molecule has 0 bridgehead atoms. The van der Waals surface area contributed by atoms with Crippen LogP contribution in [0.2, 0.25) is 5.02 Å². The van der Waals surface area contributed by atoms with Crippen LogP contribution in [0.15, 0.2) is 53.1 Å². The standard InChI is InChI=1S/C18H14ClN5O/c1-11-5-3-4-6-15(11)17-20-18(25-22-17)16-12(2)24(23-21-16)14-9-7-13(19)8-10-14/h3-10H,1-2H3. The Morgan fingerprint density at radius 2 is 1.76 bits per heavy atom. The number of aromatic nitrogens is 5. The highest BCUT2D eigenvalue weighted by atomic mass is 35.5. The molecule has 2 heterocycles. The van der Waals surface area contributed by atoms with E-state index in [1.165, 1.54) is 0 Å². The Labute approximate surface area is 149 Å². The number of hydrogen-bond donors (Lipinski definition) is 0. The molecule has 0 spiro atoms. The van der Waals surface area contributed by atoms with Gasteiger partial charge in [0.15, 0.2) is 5.69 Å². The summed E-state index contributed by atoms with van der Waals surface area (Å²) in [4.78, 5) is 4.48. The average Bonchev–Trinajstić information content (AvgIpc) is 3.23. The molecule has 0 aliphatic heterocycles. The average molecular weight is 352 g/mol. The second-order valence-corrected chi connectivity index (χ2v) is 6.09. The molecule has 6 nitrogen and oxygen atoms in total. The molecule has 0 unspecified atom stereocenters. The largest absolute Gasteiger partial charge is 0.332 e. The molecule has 25 heavy (non-hydrogen) atoms. The van der Waals surface area contributed by atoms with E-state index in [1.54, 1.807) is 16.8 Å². The SMILES string of the molecule is Cc1ccccc1-c1noc(-c2nnn(-c3ccc(Cl)cc3)c2C)n1. The third-order valence-electron chi connectivity index (χ3n) is 3.98. The van der Waals surface area contributed by atoms with E-state index in [0.29, 0.717) is 22.4 Å². The van der Waals surface area contributed by atoms with Crippen molar-refractivity contribution in [2.45, 2.75) is 13.8 Å². The van der Waals surface area contributed by atoms with Crippen molar-refractivity contribution in [3.05, 3.63) is 64.8 Å². The Morgan fingerprint density at radius 1 is 1.00 bits per heavy atom. The van der Waals surface area contributed by atoms with Crippen LogP contribution in [0.5, 0.6) is 0 Å². The van der Waals surface area contributed by atoms with Crippen LogP contribution in [0.25, 0.3) is 28.7 Å². The van der Waals surface area contributed by atoms with Crippen LogP contribution in [0, 0.1) is 13.8 Å². The van der Waals surface area contributed by atoms with Crippen LogP contribution in [0.3, 0.4) is 0 Å². The maximum atomic E-state index is 5.94. The van der Waals surface area contributed by atoms with Crippen LogP contribution >= 0.6 is 11.6 Å². The Bertz CT molecular complexity index is 1040. The maximum Gasteiger partial charge on any atom is 0.280 e. The number of nitrogens with zero attached hydrogens (tertiary/aromatic N) is 5. The van der Waals surface area contributed by atoms with Gasteiger partial charge in [0.1, 0.15) is 0 Å². The fraction of sp³-hybridized carbons (Fsp3) is 0.111. The summed E-state index contributed by atoms with van der Waals surface area (Å²) in [5.41, 5.74) is 4.24. The molecule has 0 aliphatic rings. The van der Waals surface area contributed by atoms with E-state index in [2.05, 4.69) is 20.5 Å². The molecule has 0 aliphatic carbocycles. The molecular weight excluding hydrogens is 338 g/mol. The van der Waals surface area contributed by atoms with Gasteiger partial charge in [0.2, 0.25) is 5.82 Å². The third kappa shape index (κ3) is 2.81. The minimum Gasteiger partial charge on any atom is -0.332 e. The number of hydrogen-bond acceptors (Lipinski definition) is 5. The molecular formula is C18H14ClN5O. The fourth-order valence-electron chi connectivity index (χ4n) is 2.61. The van der Waals surface area contributed by atoms with Gasteiger partial charge in [0.25, 0.3) is 5.89 Å². The topological polar surface area (TPSA) is 69.6 Å². The van der Waals surface area contributed by atoms with Crippen molar-refractivity contribution in [3.63, 3.8) is 0 Å². The van der Waals surface area contributed by atoms with E-state index in [9.17, 15) is 0 Å². The van der Waals surface area contributed by atoms with Gasteiger partial charge < -0.3 is 4.52 Å². The molecule has 0 saturated heterocycles. The minimum absolute atomic E-state index is 0.343. The lowest BCUT2D eigenvalue weighted by Crippen LogP contribution is -1.98. The zero-order valence-corrected chi connectivity index (χ0v) is 14.4. The third-order valence-corrected chi connectivity index (χ3v) is 4.23. The molecule has 4 aromatic rings. The molecule has 4 rings (SSSR count). The molecule has 7 heteroatoms. The van der Waals surface area contributed by atoms with Crippen LogP contribution in [0.1, 0.15) is 11.3 Å². The van der Waals surface area contributed by atoms with Gasteiger partial charge in [0, 0.05) is 10.6 Å². The van der Waals surface area contributed by atoms with Crippen molar-refractivity contribution >= 4 is 11.6 Å². The van der Waals surface area contributed by atoms with Gasteiger partial charge in [0.05, 0.1) is 11.4 Å². The normalized spacial score (nSPS) is 11.0. The van der Waals surface area contributed by atoms with Crippen molar-refractivity contribution in [3.8, 4) is 28.7 Å². The van der Waals surface area contributed by atoms with E-state index < -0.39 is 0 Å². The van der Waals surface area contributed by atoms with Crippen LogP contribution in [0.4, 0.5) is 0 Å². The second-order valence-electron chi connectivity index (χ2n) is 5.65. The molecule has 2 aromatic carbocycles. The first kappa shape index (κ1) is 15.5. The first-order valence-corrected chi connectivity index (χ1v) is 8.09. The molecule has 124 valence electrons. The monoisotopic (exact) mass is 351 g/mol. The first-order chi connectivity index (χ1) is 12.1. The Kier molecular flexibility index (Phi) is 3.82. The van der Waals surface area contributed by atoms with Crippen molar-refractivity contribution in [1.29, 1.82) is 0 Å². The highest BCUT2D eigenvalue weighted by Gasteiger charge is 2.19. The van der Waals surface area contributed by atoms with Crippen LogP contribution in [-0.2, 0) is 0 Å². The number of rotatable bonds is 3. The first-order valence-electron chi connectivity index (χ1n) is 7.72. The molecule has 0 saturated carbocycles. The van der Waals surface area contributed by atoms with E-state index in [-0.39, 0.29) is 0 Å². The van der Waals surface area contributed by atoms with Crippen LogP contribution in [-0.4, -0.2) is 25.1 Å². The van der Waals surface area contributed by atoms with Crippen molar-refractivity contribution < 1.29 is 4.52 Å². The van der Waals surface area contributed by atoms with Crippen molar-refractivity contribution in [2.24, 2.45) is 0 Å². The lowest BCUT2D eigenvalue weighted by Gasteiger charge is -2.02. The number of benzene rings is 2. The van der Waals surface area contributed by atoms with Gasteiger partial charge in [-0.05, 0) is 43.7 Å². The Balaban J connectivity index is 1.72. The van der Waals surface area contributed by atoms with Gasteiger partial charge in [-0.15, -0.1) is 5.10 Å². The zero-order valence-electron chi connectivity index (χ0n) is 13.6. The van der Waals surface area contributed by atoms with E-state index in [4.69, 9.17) is 16.1 Å². The molecule has 0 radical (unpaired) electrons. The van der Waals surface area contributed by atoms with Crippen LogP contribution < -0.4 is 0 Å².